The van der Waals surface area contributed by atoms with E-state index >= 15 is 0 Å². The van der Waals surface area contributed by atoms with E-state index in [1.54, 1.807) is 24.3 Å². The first-order valence-electron chi connectivity index (χ1n) is 9.14. The van der Waals surface area contributed by atoms with Crippen molar-refractivity contribution >= 4 is 63.1 Å². The molecule has 0 unspecified atom stereocenters. The smallest absolute Gasteiger partial charge is 0.293 e. The first kappa shape index (κ1) is 20.1. The number of imide groups is 1. The Labute approximate surface area is 183 Å². The number of para-hydroxylation sites is 1. The number of benzene rings is 2. The summed E-state index contributed by atoms with van der Waals surface area (Å²) in [5.41, 5.74) is 2.57. The van der Waals surface area contributed by atoms with Crippen LogP contribution in [0.25, 0.3) is 17.0 Å². The Balaban J connectivity index is 1.69. The molecule has 0 aliphatic carbocycles. The standard InChI is InChI=1S/C22H18Cl2N2O2S/c1-13(2)25-11-14(15-6-3-4-9-19(15)25)10-20-21(27)26(22(28)29-20)12-16-17(23)7-5-8-18(16)24/h3-11,13H,12H2,1-2H3/b20-10-. The van der Waals surface area contributed by atoms with Gasteiger partial charge in [0.15, 0.2) is 0 Å². The molecule has 0 spiro atoms. The van der Waals surface area contributed by atoms with Crippen LogP contribution in [0.2, 0.25) is 10.0 Å². The Hall–Kier alpha value is -2.21. The summed E-state index contributed by atoms with van der Waals surface area (Å²) >= 11 is 13.4. The van der Waals surface area contributed by atoms with Crippen LogP contribution >= 0.6 is 35.0 Å². The van der Waals surface area contributed by atoms with E-state index in [9.17, 15) is 9.59 Å². The number of carbonyl (C=O) groups is 2. The molecule has 29 heavy (non-hydrogen) atoms. The second-order valence-electron chi connectivity index (χ2n) is 7.07. The molecule has 0 bridgehead atoms. The lowest BCUT2D eigenvalue weighted by Gasteiger charge is -2.14. The molecular weight excluding hydrogens is 427 g/mol. The zero-order valence-corrected chi connectivity index (χ0v) is 18.2. The summed E-state index contributed by atoms with van der Waals surface area (Å²) in [5.74, 6) is -0.336. The minimum Gasteiger partial charge on any atom is -0.344 e. The number of rotatable bonds is 4. The normalized spacial score (nSPS) is 16.0. The fourth-order valence-electron chi connectivity index (χ4n) is 3.39. The van der Waals surface area contributed by atoms with E-state index in [0.29, 0.717) is 20.5 Å². The van der Waals surface area contributed by atoms with Gasteiger partial charge >= 0.3 is 0 Å². The maximum atomic E-state index is 12.9. The molecule has 1 saturated heterocycles. The van der Waals surface area contributed by atoms with Crippen LogP contribution in [-0.2, 0) is 11.3 Å². The van der Waals surface area contributed by atoms with E-state index in [1.165, 1.54) is 4.90 Å². The predicted molar refractivity (Wildman–Crippen MR) is 120 cm³/mol. The van der Waals surface area contributed by atoms with Gasteiger partial charge in [-0.1, -0.05) is 47.5 Å². The van der Waals surface area contributed by atoms with E-state index in [2.05, 4.69) is 24.5 Å². The van der Waals surface area contributed by atoms with E-state index in [0.717, 1.165) is 28.2 Å². The predicted octanol–water partition coefficient (Wildman–Crippen LogP) is 6.77. The highest BCUT2D eigenvalue weighted by Gasteiger charge is 2.36. The number of fused-ring (bicyclic) bond motifs is 1. The Morgan fingerprint density at radius 2 is 1.72 bits per heavy atom. The van der Waals surface area contributed by atoms with Crippen LogP contribution in [-0.4, -0.2) is 20.6 Å². The van der Waals surface area contributed by atoms with Gasteiger partial charge in [0.05, 0.1) is 11.4 Å². The molecule has 148 valence electrons. The van der Waals surface area contributed by atoms with Crippen LogP contribution < -0.4 is 0 Å². The SMILES string of the molecule is CC(C)n1cc(/C=C2\SC(=O)N(Cc3c(Cl)cccc3Cl)C2=O)c2ccccc21. The Kier molecular flexibility index (Phi) is 5.47. The molecule has 1 aromatic heterocycles. The number of halogens is 2. The summed E-state index contributed by atoms with van der Waals surface area (Å²) in [7, 11) is 0. The Morgan fingerprint density at radius 1 is 1.03 bits per heavy atom. The summed E-state index contributed by atoms with van der Waals surface area (Å²) in [5, 5.41) is 1.58. The second-order valence-corrected chi connectivity index (χ2v) is 8.88. The summed E-state index contributed by atoms with van der Waals surface area (Å²) in [6, 6.07) is 13.4. The number of thioether (sulfide) groups is 1. The molecule has 1 aliphatic rings. The van der Waals surface area contributed by atoms with Crippen molar-refractivity contribution in [3.63, 3.8) is 0 Å². The highest BCUT2D eigenvalue weighted by atomic mass is 35.5. The van der Waals surface area contributed by atoms with Gasteiger partial charge in [-0.05, 0) is 49.9 Å². The van der Waals surface area contributed by atoms with Gasteiger partial charge in [0.2, 0.25) is 0 Å². The van der Waals surface area contributed by atoms with Crippen molar-refractivity contribution in [2.24, 2.45) is 0 Å². The third-order valence-electron chi connectivity index (χ3n) is 4.87. The van der Waals surface area contributed by atoms with Crippen molar-refractivity contribution in [2.75, 3.05) is 0 Å². The van der Waals surface area contributed by atoms with Crippen LogP contribution in [0.4, 0.5) is 4.79 Å². The third kappa shape index (κ3) is 3.70. The van der Waals surface area contributed by atoms with Gasteiger partial charge in [-0.2, -0.15) is 0 Å². The summed E-state index contributed by atoms with van der Waals surface area (Å²) in [6.07, 6.45) is 3.81. The van der Waals surface area contributed by atoms with Gasteiger partial charge in [0.25, 0.3) is 11.1 Å². The minimum absolute atomic E-state index is 0.0499. The average molecular weight is 445 g/mol. The van der Waals surface area contributed by atoms with E-state index < -0.39 is 0 Å². The molecule has 2 aromatic carbocycles. The van der Waals surface area contributed by atoms with E-state index in [1.807, 2.05) is 24.4 Å². The lowest BCUT2D eigenvalue weighted by Crippen LogP contribution is -2.27. The largest absolute Gasteiger partial charge is 0.344 e. The molecule has 0 atom stereocenters. The van der Waals surface area contributed by atoms with Crippen molar-refractivity contribution < 1.29 is 9.59 Å². The van der Waals surface area contributed by atoms with Crippen LogP contribution in [0.5, 0.6) is 0 Å². The number of hydrogen-bond donors (Lipinski definition) is 0. The fraction of sp³-hybridized carbons (Fsp3) is 0.182. The van der Waals surface area contributed by atoms with Gasteiger partial charge in [0, 0.05) is 44.3 Å². The van der Waals surface area contributed by atoms with Crippen molar-refractivity contribution in [1.29, 1.82) is 0 Å². The van der Waals surface area contributed by atoms with Gasteiger partial charge in [-0.3, -0.25) is 14.5 Å². The van der Waals surface area contributed by atoms with Crippen molar-refractivity contribution in [3.8, 4) is 0 Å². The highest BCUT2D eigenvalue weighted by Crippen LogP contribution is 2.37. The molecule has 1 aliphatic heterocycles. The molecule has 2 amide bonds. The number of carbonyl (C=O) groups excluding carboxylic acids is 2. The maximum absolute atomic E-state index is 12.9. The summed E-state index contributed by atoms with van der Waals surface area (Å²) in [6.45, 7) is 4.27. The molecule has 2 heterocycles. The van der Waals surface area contributed by atoms with Crippen LogP contribution in [0, 0.1) is 0 Å². The topological polar surface area (TPSA) is 42.3 Å². The van der Waals surface area contributed by atoms with Crippen LogP contribution in [0.15, 0.2) is 53.6 Å². The summed E-state index contributed by atoms with van der Waals surface area (Å²) < 4.78 is 2.16. The quantitative estimate of drug-likeness (QED) is 0.417. The monoisotopic (exact) mass is 444 g/mol. The van der Waals surface area contributed by atoms with E-state index in [-0.39, 0.29) is 23.7 Å². The summed E-state index contributed by atoms with van der Waals surface area (Å²) in [4.78, 5) is 27.1. The molecule has 4 nitrogen and oxygen atoms in total. The molecular formula is C22H18Cl2N2O2S. The molecule has 4 rings (SSSR count). The minimum atomic E-state index is -0.336. The molecule has 0 radical (unpaired) electrons. The van der Waals surface area contributed by atoms with Gasteiger partial charge in [-0.25, -0.2) is 0 Å². The average Bonchev–Trinajstić information content (AvgIpc) is 3.17. The van der Waals surface area contributed by atoms with Gasteiger partial charge in [-0.15, -0.1) is 0 Å². The molecule has 7 heteroatoms. The van der Waals surface area contributed by atoms with Crippen molar-refractivity contribution in [3.05, 3.63) is 74.7 Å². The Bertz CT molecular complexity index is 1150. The number of aromatic nitrogens is 1. The fourth-order valence-corrected chi connectivity index (χ4v) is 4.74. The first-order chi connectivity index (χ1) is 13.9. The highest BCUT2D eigenvalue weighted by molar-refractivity contribution is 8.18. The molecule has 3 aromatic rings. The van der Waals surface area contributed by atoms with Crippen molar-refractivity contribution in [1.82, 2.24) is 9.47 Å². The van der Waals surface area contributed by atoms with Gasteiger partial charge < -0.3 is 4.57 Å². The Morgan fingerprint density at radius 3 is 2.41 bits per heavy atom. The second kappa shape index (κ2) is 7.90. The molecule has 0 saturated carbocycles. The van der Waals surface area contributed by atoms with Gasteiger partial charge in [0.1, 0.15) is 0 Å². The number of hydrogen-bond acceptors (Lipinski definition) is 3. The first-order valence-corrected chi connectivity index (χ1v) is 10.7. The third-order valence-corrected chi connectivity index (χ3v) is 6.48. The number of nitrogens with zero attached hydrogens (tertiary/aromatic N) is 2. The maximum Gasteiger partial charge on any atom is 0.293 e. The molecule has 1 fully saturated rings. The van der Waals surface area contributed by atoms with Crippen molar-refractivity contribution in [2.45, 2.75) is 26.4 Å². The number of amides is 2. The lowest BCUT2D eigenvalue weighted by molar-refractivity contribution is -0.123. The van der Waals surface area contributed by atoms with E-state index in [4.69, 9.17) is 23.2 Å². The van der Waals surface area contributed by atoms with Crippen LogP contribution in [0.3, 0.4) is 0 Å². The zero-order chi connectivity index (χ0) is 20.7. The lowest BCUT2D eigenvalue weighted by atomic mass is 10.1. The zero-order valence-electron chi connectivity index (χ0n) is 15.9. The van der Waals surface area contributed by atoms with Crippen LogP contribution in [0.1, 0.15) is 31.0 Å². The molecule has 0 N–H and O–H groups in total.